The molecule has 20 heavy (non-hydrogen) atoms. The Morgan fingerprint density at radius 2 is 1.95 bits per heavy atom. The molecule has 4 heteroatoms. The van der Waals surface area contributed by atoms with Crippen molar-refractivity contribution >= 4 is 16.8 Å². The standard InChI is InChI=1S/C16H12FNO2/c1-9-3-5-13(10(2)18-9)16(19)15-8-11-7-12(17)4-6-14(11)20-15/h3-8H,1-2H3. The lowest BCUT2D eigenvalue weighted by Crippen LogP contribution is -2.04. The van der Waals surface area contributed by atoms with Gasteiger partial charge in [-0.15, -0.1) is 0 Å². The van der Waals surface area contributed by atoms with Crippen LogP contribution in [-0.4, -0.2) is 10.8 Å². The molecule has 2 aromatic heterocycles. The fourth-order valence-electron chi connectivity index (χ4n) is 2.19. The van der Waals surface area contributed by atoms with Crippen LogP contribution in [0.5, 0.6) is 0 Å². The van der Waals surface area contributed by atoms with Crippen LogP contribution in [0.25, 0.3) is 11.0 Å². The van der Waals surface area contributed by atoms with Gasteiger partial charge in [-0.05, 0) is 50.2 Å². The molecule has 3 aromatic rings. The first-order valence-electron chi connectivity index (χ1n) is 6.22. The lowest BCUT2D eigenvalue weighted by Gasteiger charge is -2.02. The molecule has 100 valence electrons. The number of nitrogens with zero attached hydrogens (tertiary/aromatic N) is 1. The van der Waals surface area contributed by atoms with Gasteiger partial charge in [0, 0.05) is 22.3 Å². The third-order valence-electron chi connectivity index (χ3n) is 3.17. The summed E-state index contributed by atoms with van der Waals surface area (Å²) in [6, 6.07) is 9.23. The molecule has 1 aromatic carbocycles. The highest BCUT2D eigenvalue weighted by Gasteiger charge is 2.17. The van der Waals surface area contributed by atoms with Crippen LogP contribution in [0.15, 0.2) is 40.8 Å². The van der Waals surface area contributed by atoms with Crippen molar-refractivity contribution in [3.63, 3.8) is 0 Å². The van der Waals surface area contributed by atoms with Gasteiger partial charge in [-0.2, -0.15) is 0 Å². The van der Waals surface area contributed by atoms with E-state index >= 15 is 0 Å². The molecule has 2 heterocycles. The molecule has 0 atom stereocenters. The van der Waals surface area contributed by atoms with Crippen LogP contribution in [0.2, 0.25) is 0 Å². The normalized spacial score (nSPS) is 10.9. The second kappa shape index (κ2) is 4.56. The van der Waals surface area contributed by atoms with Gasteiger partial charge in [0.25, 0.3) is 0 Å². The molecule has 0 fully saturated rings. The van der Waals surface area contributed by atoms with Gasteiger partial charge in [0.05, 0.1) is 0 Å². The van der Waals surface area contributed by atoms with E-state index in [0.29, 0.717) is 22.2 Å². The van der Waals surface area contributed by atoms with Gasteiger partial charge in [0.2, 0.25) is 5.78 Å². The Morgan fingerprint density at radius 1 is 1.15 bits per heavy atom. The Bertz CT molecular complexity index is 820. The summed E-state index contributed by atoms with van der Waals surface area (Å²) in [7, 11) is 0. The second-order valence-electron chi connectivity index (χ2n) is 4.71. The maximum absolute atomic E-state index is 13.1. The average molecular weight is 269 g/mol. The van der Waals surface area contributed by atoms with Gasteiger partial charge in [-0.3, -0.25) is 9.78 Å². The van der Waals surface area contributed by atoms with Gasteiger partial charge >= 0.3 is 0 Å². The maximum atomic E-state index is 13.1. The summed E-state index contributed by atoms with van der Waals surface area (Å²) < 4.78 is 18.6. The highest BCUT2D eigenvalue weighted by molar-refractivity contribution is 6.09. The van der Waals surface area contributed by atoms with E-state index in [0.717, 1.165) is 5.69 Å². The molecule has 0 aliphatic rings. The largest absolute Gasteiger partial charge is 0.453 e. The SMILES string of the molecule is Cc1ccc(C(=O)c2cc3cc(F)ccc3o2)c(C)n1. The smallest absolute Gasteiger partial charge is 0.230 e. The second-order valence-corrected chi connectivity index (χ2v) is 4.71. The van der Waals surface area contributed by atoms with Gasteiger partial charge in [0.15, 0.2) is 5.76 Å². The first-order valence-corrected chi connectivity index (χ1v) is 6.22. The molecule has 3 rings (SSSR count). The average Bonchev–Trinajstić information content (AvgIpc) is 2.81. The zero-order valence-corrected chi connectivity index (χ0v) is 11.1. The van der Waals surface area contributed by atoms with Crippen LogP contribution in [0.1, 0.15) is 27.5 Å². The highest BCUT2D eigenvalue weighted by atomic mass is 19.1. The summed E-state index contributed by atoms with van der Waals surface area (Å²) in [6.07, 6.45) is 0. The number of hydrogen-bond acceptors (Lipinski definition) is 3. The van der Waals surface area contributed by atoms with E-state index in [9.17, 15) is 9.18 Å². The van der Waals surface area contributed by atoms with Crippen molar-refractivity contribution in [1.82, 2.24) is 4.98 Å². The molecule has 0 spiro atoms. The Hall–Kier alpha value is -2.49. The maximum Gasteiger partial charge on any atom is 0.230 e. The molecule has 0 saturated carbocycles. The van der Waals surface area contributed by atoms with E-state index in [1.165, 1.54) is 18.2 Å². The minimum absolute atomic E-state index is 0.194. The third-order valence-corrected chi connectivity index (χ3v) is 3.17. The number of pyridine rings is 1. The number of carbonyl (C=O) groups is 1. The zero-order valence-electron chi connectivity index (χ0n) is 11.1. The predicted octanol–water partition coefficient (Wildman–Crippen LogP) is 3.81. The molecule has 0 amide bonds. The van der Waals surface area contributed by atoms with E-state index in [-0.39, 0.29) is 17.4 Å². The van der Waals surface area contributed by atoms with Crippen LogP contribution in [0.3, 0.4) is 0 Å². The molecule has 3 nitrogen and oxygen atoms in total. The van der Waals surface area contributed by atoms with Crippen LogP contribution in [0, 0.1) is 19.7 Å². The van der Waals surface area contributed by atoms with Crippen LogP contribution >= 0.6 is 0 Å². The van der Waals surface area contributed by atoms with E-state index in [4.69, 9.17) is 4.42 Å². The van der Waals surface area contributed by atoms with Crippen molar-refractivity contribution in [3.05, 3.63) is 64.9 Å². The number of hydrogen-bond donors (Lipinski definition) is 0. The summed E-state index contributed by atoms with van der Waals surface area (Å²) in [6.45, 7) is 3.65. The summed E-state index contributed by atoms with van der Waals surface area (Å²) in [5.41, 5.74) is 2.50. The molecule has 0 saturated heterocycles. The third kappa shape index (κ3) is 2.09. The molecule has 0 N–H and O–H groups in total. The van der Waals surface area contributed by atoms with Crippen molar-refractivity contribution in [2.45, 2.75) is 13.8 Å². The van der Waals surface area contributed by atoms with E-state index in [1.54, 1.807) is 25.1 Å². The van der Waals surface area contributed by atoms with Gasteiger partial charge in [0.1, 0.15) is 11.4 Å². The Kier molecular flexibility index (Phi) is 2.86. The first kappa shape index (κ1) is 12.5. The molecular formula is C16H12FNO2. The monoisotopic (exact) mass is 269 g/mol. The van der Waals surface area contributed by atoms with E-state index in [2.05, 4.69) is 4.98 Å². The molecule has 0 aliphatic heterocycles. The summed E-state index contributed by atoms with van der Waals surface area (Å²) in [5, 5.41) is 0.575. The molecule has 0 aliphatic carbocycles. The number of furan rings is 1. The number of aromatic nitrogens is 1. The minimum atomic E-state index is -0.356. The molecule has 0 radical (unpaired) electrons. The number of aryl methyl sites for hydroxylation is 2. The number of rotatable bonds is 2. The topological polar surface area (TPSA) is 43.1 Å². The minimum Gasteiger partial charge on any atom is -0.453 e. The van der Waals surface area contributed by atoms with E-state index in [1.807, 2.05) is 6.92 Å². The summed E-state index contributed by atoms with van der Waals surface area (Å²) in [4.78, 5) is 16.7. The Labute approximate surface area is 115 Å². The van der Waals surface area contributed by atoms with Crippen molar-refractivity contribution in [3.8, 4) is 0 Å². The quantitative estimate of drug-likeness (QED) is 0.664. The fourth-order valence-corrected chi connectivity index (χ4v) is 2.19. The van der Waals surface area contributed by atoms with E-state index < -0.39 is 0 Å². The van der Waals surface area contributed by atoms with Gasteiger partial charge < -0.3 is 4.42 Å². The fraction of sp³-hybridized carbons (Fsp3) is 0.125. The molecular weight excluding hydrogens is 257 g/mol. The Balaban J connectivity index is 2.08. The molecule has 0 bridgehead atoms. The van der Waals surface area contributed by atoms with Gasteiger partial charge in [-0.25, -0.2) is 4.39 Å². The predicted molar refractivity (Wildman–Crippen MR) is 73.3 cm³/mol. The van der Waals surface area contributed by atoms with Crippen LogP contribution in [0.4, 0.5) is 4.39 Å². The van der Waals surface area contributed by atoms with Crippen molar-refractivity contribution in [2.75, 3.05) is 0 Å². The number of halogens is 1. The lowest BCUT2D eigenvalue weighted by atomic mass is 10.1. The van der Waals surface area contributed by atoms with Crippen molar-refractivity contribution in [2.24, 2.45) is 0 Å². The number of carbonyl (C=O) groups excluding carboxylic acids is 1. The van der Waals surface area contributed by atoms with Crippen LogP contribution < -0.4 is 0 Å². The first-order chi connectivity index (χ1) is 9.54. The number of ketones is 1. The lowest BCUT2D eigenvalue weighted by molar-refractivity contribution is 0.101. The zero-order chi connectivity index (χ0) is 14.3. The Morgan fingerprint density at radius 3 is 2.70 bits per heavy atom. The summed E-state index contributed by atoms with van der Waals surface area (Å²) >= 11 is 0. The highest BCUT2D eigenvalue weighted by Crippen LogP contribution is 2.23. The number of fused-ring (bicyclic) bond motifs is 1. The van der Waals surface area contributed by atoms with Crippen molar-refractivity contribution < 1.29 is 13.6 Å². The number of benzene rings is 1. The summed E-state index contributed by atoms with van der Waals surface area (Å²) in [5.74, 6) is -0.406. The molecule has 0 unspecified atom stereocenters. The van der Waals surface area contributed by atoms with Gasteiger partial charge in [-0.1, -0.05) is 0 Å². The van der Waals surface area contributed by atoms with Crippen LogP contribution in [-0.2, 0) is 0 Å². The van der Waals surface area contributed by atoms with Crippen molar-refractivity contribution in [1.29, 1.82) is 0 Å².